The van der Waals surface area contributed by atoms with Crippen LogP contribution in [-0.2, 0) is 20.7 Å². The molecule has 6 rings (SSSR count). The molecular weight excluding hydrogens is 504 g/mol. The highest BCUT2D eigenvalue weighted by Crippen LogP contribution is 2.44. The molecule has 0 aromatic heterocycles. The third-order valence-electron chi connectivity index (χ3n) is 7.47. The lowest BCUT2D eigenvalue weighted by molar-refractivity contribution is -0.124. The number of carbonyl (C=O) groups excluding carboxylic acids is 2. The third-order valence-corrected chi connectivity index (χ3v) is 7.47. The van der Waals surface area contributed by atoms with Gasteiger partial charge in [0, 0.05) is 12.3 Å². The van der Waals surface area contributed by atoms with Gasteiger partial charge in [-0.2, -0.15) is 0 Å². The number of nitrogens with one attached hydrogen (secondary N) is 2. The van der Waals surface area contributed by atoms with Crippen molar-refractivity contribution in [3.05, 3.63) is 102 Å². The normalized spacial score (nSPS) is 20.2. The van der Waals surface area contributed by atoms with Crippen LogP contribution in [-0.4, -0.2) is 50.5 Å². The Morgan fingerprint density at radius 2 is 1.60 bits per heavy atom. The molecule has 7 heteroatoms. The lowest BCUT2D eigenvalue weighted by Gasteiger charge is -2.26. The topological polar surface area (TPSA) is 85.9 Å². The minimum Gasteiger partial charge on any atom is -0.490 e. The second kappa shape index (κ2) is 12.8. The fraction of sp³-hybridized carbons (Fsp3) is 0.333. The molecule has 0 radical (unpaired) electrons. The van der Waals surface area contributed by atoms with E-state index < -0.39 is 12.1 Å². The van der Waals surface area contributed by atoms with Crippen LogP contribution in [0.3, 0.4) is 0 Å². The van der Waals surface area contributed by atoms with Gasteiger partial charge in [-0.25, -0.2) is 4.79 Å². The Morgan fingerprint density at radius 1 is 0.950 bits per heavy atom. The number of benzene rings is 3. The minimum atomic E-state index is -0.823. The molecule has 0 unspecified atom stereocenters. The molecule has 0 spiro atoms. The molecule has 2 aliphatic heterocycles. The second-order valence-corrected chi connectivity index (χ2v) is 10.5. The van der Waals surface area contributed by atoms with E-state index in [1.807, 2.05) is 74.5 Å². The number of amides is 2. The van der Waals surface area contributed by atoms with Crippen molar-refractivity contribution in [1.82, 2.24) is 10.6 Å². The first kappa shape index (κ1) is 27.5. The van der Waals surface area contributed by atoms with Gasteiger partial charge >= 0.3 is 6.09 Å². The fourth-order valence-electron chi connectivity index (χ4n) is 5.18. The molecule has 7 nitrogen and oxygen atoms in total. The van der Waals surface area contributed by atoms with E-state index in [-0.39, 0.29) is 30.4 Å². The summed E-state index contributed by atoms with van der Waals surface area (Å²) in [5.74, 6) is 0.531. The molecule has 2 amide bonds. The summed E-state index contributed by atoms with van der Waals surface area (Å²) in [6.07, 6.45) is 3.50. The van der Waals surface area contributed by atoms with Crippen molar-refractivity contribution in [2.24, 2.45) is 5.92 Å². The third kappa shape index (κ3) is 6.54. The molecule has 1 aliphatic carbocycles. The molecule has 0 fully saturated rings. The van der Waals surface area contributed by atoms with E-state index in [4.69, 9.17) is 14.2 Å². The molecule has 3 aromatic carbocycles. The van der Waals surface area contributed by atoms with Crippen LogP contribution in [0.25, 0.3) is 11.1 Å². The van der Waals surface area contributed by atoms with Crippen molar-refractivity contribution in [2.45, 2.75) is 38.3 Å². The lowest BCUT2D eigenvalue weighted by Crippen LogP contribution is -2.53. The molecule has 2 N–H and O–H groups in total. The maximum Gasteiger partial charge on any atom is 0.407 e. The van der Waals surface area contributed by atoms with Gasteiger partial charge < -0.3 is 24.8 Å². The van der Waals surface area contributed by atoms with Crippen LogP contribution in [0.5, 0.6) is 5.75 Å². The van der Waals surface area contributed by atoms with Crippen LogP contribution in [0, 0.1) is 5.92 Å². The number of hydrogen-bond donors (Lipinski definition) is 2. The second-order valence-electron chi connectivity index (χ2n) is 10.5. The van der Waals surface area contributed by atoms with Gasteiger partial charge in [0.25, 0.3) is 0 Å². The van der Waals surface area contributed by atoms with Gasteiger partial charge in [-0.15, -0.1) is 0 Å². The van der Waals surface area contributed by atoms with Crippen LogP contribution in [0.15, 0.2) is 84.9 Å². The predicted molar refractivity (Wildman–Crippen MR) is 154 cm³/mol. The first-order chi connectivity index (χ1) is 19.5. The van der Waals surface area contributed by atoms with Gasteiger partial charge in [-0.1, -0.05) is 80.6 Å². The minimum absolute atomic E-state index is 0.0620. The van der Waals surface area contributed by atoms with E-state index in [2.05, 4.69) is 34.9 Å². The zero-order valence-corrected chi connectivity index (χ0v) is 23.0. The molecule has 2 atom stereocenters. The summed E-state index contributed by atoms with van der Waals surface area (Å²) in [6.45, 7) is 5.46. The van der Waals surface area contributed by atoms with E-state index in [0.717, 1.165) is 33.6 Å². The molecule has 40 heavy (non-hydrogen) atoms. The van der Waals surface area contributed by atoms with E-state index in [0.29, 0.717) is 26.2 Å². The summed E-state index contributed by atoms with van der Waals surface area (Å²) in [4.78, 5) is 26.6. The van der Waals surface area contributed by atoms with Crippen molar-refractivity contribution in [1.29, 1.82) is 0 Å². The zero-order valence-electron chi connectivity index (χ0n) is 23.0. The van der Waals surface area contributed by atoms with Crippen LogP contribution in [0.1, 0.15) is 36.5 Å². The Bertz CT molecular complexity index is 1310. The number of rotatable bonds is 4. The van der Waals surface area contributed by atoms with Crippen LogP contribution in [0.4, 0.5) is 4.79 Å². The van der Waals surface area contributed by atoms with Crippen molar-refractivity contribution in [3.8, 4) is 16.9 Å². The van der Waals surface area contributed by atoms with E-state index in [1.165, 1.54) is 0 Å². The Labute approximate surface area is 235 Å². The predicted octanol–water partition coefficient (Wildman–Crippen LogP) is 5.24. The summed E-state index contributed by atoms with van der Waals surface area (Å²) >= 11 is 0. The van der Waals surface area contributed by atoms with Crippen molar-refractivity contribution >= 4 is 12.0 Å². The molecule has 0 saturated heterocycles. The summed E-state index contributed by atoms with van der Waals surface area (Å²) in [6, 6.07) is 22.9. The number of alkyl carbamates (subject to hydrolysis) is 1. The van der Waals surface area contributed by atoms with Gasteiger partial charge in [0.2, 0.25) is 5.91 Å². The maximum absolute atomic E-state index is 13.5. The van der Waals surface area contributed by atoms with Crippen LogP contribution in [0.2, 0.25) is 0 Å². The Kier molecular flexibility index (Phi) is 8.81. The van der Waals surface area contributed by atoms with Gasteiger partial charge in [0.1, 0.15) is 25.0 Å². The summed E-state index contributed by atoms with van der Waals surface area (Å²) in [5, 5.41) is 5.92. The van der Waals surface area contributed by atoms with Crippen molar-refractivity contribution in [2.75, 3.05) is 26.4 Å². The average molecular weight is 541 g/mol. The number of fused-ring (bicyclic) bond motifs is 15. The highest BCUT2D eigenvalue weighted by atomic mass is 16.5. The Balaban J connectivity index is 1.30. The highest BCUT2D eigenvalue weighted by molar-refractivity contribution is 5.86. The van der Waals surface area contributed by atoms with Gasteiger partial charge in [0.15, 0.2) is 0 Å². The summed E-state index contributed by atoms with van der Waals surface area (Å²) in [5.41, 5.74) is 5.49. The largest absolute Gasteiger partial charge is 0.490 e. The van der Waals surface area contributed by atoms with Gasteiger partial charge in [-0.3, -0.25) is 4.79 Å². The molecule has 3 aromatic rings. The summed E-state index contributed by atoms with van der Waals surface area (Å²) in [7, 11) is 0. The molecule has 3 aliphatic rings. The molecule has 0 saturated carbocycles. The van der Waals surface area contributed by atoms with Gasteiger partial charge in [-0.05, 0) is 51.9 Å². The standard InChI is InChI=1S/C33H36N2O5/c1-22(2)31-21-38-17-7-8-18-39-24-15-13-23(14-16-24)19-30(32(36)34-31)35-33(37)40-20-29-27-11-5-3-9-25(27)26-10-4-6-12-28(26)29/h3-16,22,29-31H,17-21H2,1-2H3,(H,34,36)(H,35,37)/b8-7+/t30-,31-/m1/s1. The first-order valence-electron chi connectivity index (χ1n) is 13.9. The average Bonchev–Trinajstić information content (AvgIpc) is 3.28. The highest BCUT2D eigenvalue weighted by Gasteiger charge is 2.30. The molecule has 2 bridgehead atoms. The molecule has 2 heterocycles. The zero-order chi connectivity index (χ0) is 27.9. The quantitative estimate of drug-likeness (QED) is 0.442. The van der Waals surface area contributed by atoms with Crippen LogP contribution >= 0.6 is 0 Å². The molecule has 208 valence electrons. The SMILES string of the molecule is CC(C)[C@H]1COC/C=C/COc2ccc(cc2)C[C@@H](NC(=O)OCC2c3ccccc3-c3ccccc32)C(=O)N1. The van der Waals surface area contributed by atoms with E-state index in [1.54, 1.807) is 0 Å². The van der Waals surface area contributed by atoms with E-state index >= 15 is 0 Å². The molecular formula is C33H36N2O5. The summed E-state index contributed by atoms with van der Waals surface area (Å²) < 4.78 is 17.3. The van der Waals surface area contributed by atoms with Crippen molar-refractivity contribution < 1.29 is 23.8 Å². The number of carbonyl (C=O) groups is 2. The number of ether oxygens (including phenoxy) is 3. The Morgan fingerprint density at radius 3 is 2.27 bits per heavy atom. The van der Waals surface area contributed by atoms with Gasteiger partial charge in [0.05, 0.1) is 19.3 Å². The lowest BCUT2D eigenvalue weighted by atomic mass is 9.98. The number of hydrogen-bond acceptors (Lipinski definition) is 5. The van der Waals surface area contributed by atoms with Crippen LogP contribution < -0.4 is 15.4 Å². The monoisotopic (exact) mass is 540 g/mol. The fourth-order valence-corrected chi connectivity index (χ4v) is 5.18. The van der Waals surface area contributed by atoms with E-state index in [9.17, 15) is 9.59 Å². The van der Waals surface area contributed by atoms with Crippen molar-refractivity contribution in [3.63, 3.8) is 0 Å². The maximum atomic E-state index is 13.5. The Hall–Kier alpha value is -4.10. The first-order valence-corrected chi connectivity index (χ1v) is 13.9. The smallest absolute Gasteiger partial charge is 0.407 e.